The van der Waals surface area contributed by atoms with Crippen LogP contribution < -0.4 is 10.4 Å². The molecule has 31 heavy (non-hydrogen) atoms. The molecule has 162 valence electrons. The zero-order valence-corrected chi connectivity index (χ0v) is 18.4. The molecule has 0 spiro atoms. The minimum Gasteiger partial charge on any atom is -0.496 e. The van der Waals surface area contributed by atoms with E-state index in [-0.39, 0.29) is 5.69 Å². The normalized spacial score (nSPS) is 15.9. The first-order valence-electron chi connectivity index (χ1n) is 10.7. The van der Waals surface area contributed by atoms with Gasteiger partial charge in [-0.1, -0.05) is 5.16 Å². The molecule has 1 saturated heterocycles. The van der Waals surface area contributed by atoms with Gasteiger partial charge in [0.1, 0.15) is 11.5 Å². The molecule has 8 nitrogen and oxygen atoms in total. The molecule has 1 aliphatic rings. The Morgan fingerprint density at radius 1 is 1.26 bits per heavy atom. The maximum atomic E-state index is 12.8. The minimum absolute atomic E-state index is 0.0861. The van der Waals surface area contributed by atoms with Crippen LogP contribution >= 0.6 is 0 Å². The van der Waals surface area contributed by atoms with Gasteiger partial charge in [-0.2, -0.15) is 0 Å². The van der Waals surface area contributed by atoms with Gasteiger partial charge >= 0.3 is 5.69 Å². The number of likely N-dealkylation sites (tertiary alicyclic amines) is 1. The van der Waals surface area contributed by atoms with Crippen molar-refractivity contribution in [3.8, 4) is 16.9 Å². The Kier molecular flexibility index (Phi) is 4.81. The molecular weight excluding hydrogens is 394 g/mol. The Morgan fingerprint density at radius 3 is 2.71 bits per heavy atom. The maximum Gasteiger partial charge on any atom is 0.326 e. The molecule has 0 saturated carbocycles. The molecule has 1 aliphatic heterocycles. The minimum atomic E-state index is -0.0861. The molecule has 5 rings (SSSR count). The number of nitrogens with one attached hydrogen (secondary N) is 1. The summed E-state index contributed by atoms with van der Waals surface area (Å²) in [6.45, 7) is 6.65. The Bertz CT molecular complexity index is 1310. The largest absolute Gasteiger partial charge is 0.496 e. The fraction of sp³-hybridized carbons (Fsp3) is 0.435. The second-order valence-electron chi connectivity index (χ2n) is 8.58. The summed E-state index contributed by atoms with van der Waals surface area (Å²) in [5, 5.41) is 4.98. The highest BCUT2D eigenvalue weighted by atomic mass is 16.5. The summed E-state index contributed by atoms with van der Waals surface area (Å²) in [4.78, 5) is 22.8. The molecule has 0 aliphatic carbocycles. The first kappa shape index (κ1) is 19.8. The van der Waals surface area contributed by atoms with Gasteiger partial charge in [0.15, 0.2) is 0 Å². The fourth-order valence-electron chi connectivity index (χ4n) is 4.78. The van der Waals surface area contributed by atoms with Gasteiger partial charge in [0, 0.05) is 17.5 Å². The first-order valence-corrected chi connectivity index (χ1v) is 10.7. The predicted octanol–water partition coefficient (Wildman–Crippen LogP) is 3.50. The molecule has 1 N–H and O–H groups in total. The number of pyridine rings is 1. The third kappa shape index (κ3) is 3.31. The number of hydrogen-bond donors (Lipinski definition) is 1. The van der Waals surface area contributed by atoms with Gasteiger partial charge in [0.2, 0.25) is 0 Å². The SMILES string of the molecule is COc1cc2c(cc1-c1c(C)noc1C)ncc1[nH]c(=O)n(CC3CCN(C)CC3)c12. The summed E-state index contributed by atoms with van der Waals surface area (Å²) >= 11 is 0. The molecule has 0 unspecified atom stereocenters. The zero-order chi connectivity index (χ0) is 21.7. The number of aromatic nitrogens is 4. The topological polar surface area (TPSA) is 89.2 Å². The van der Waals surface area contributed by atoms with Crippen LogP contribution in [0.1, 0.15) is 24.3 Å². The van der Waals surface area contributed by atoms with Gasteiger partial charge in [0.05, 0.1) is 41.1 Å². The van der Waals surface area contributed by atoms with Crippen molar-refractivity contribution in [2.24, 2.45) is 5.92 Å². The summed E-state index contributed by atoms with van der Waals surface area (Å²) in [5.41, 5.74) is 4.96. The molecule has 1 aromatic carbocycles. The van der Waals surface area contributed by atoms with Gasteiger partial charge in [-0.25, -0.2) is 4.79 Å². The van der Waals surface area contributed by atoms with Crippen molar-refractivity contribution in [1.29, 1.82) is 0 Å². The third-order valence-corrected chi connectivity index (χ3v) is 6.50. The average Bonchev–Trinajstić information content (AvgIpc) is 3.26. The lowest BCUT2D eigenvalue weighted by atomic mass is 9.97. The van der Waals surface area contributed by atoms with Crippen molar-refractivity contribution in [3.05, 3.63) is 40.3 Å². The van der Waals surface area contributed by atoms with E-state index in [0.29, 0.717) is 18.2 Å². The molecule has 1 fully saturated rings. The number of piperidine rings is 1. The summed E-state index contributed by atoms with van der Waals surface area (Å²) in [6.07, 6.45) is 3.93. The van der Waals surface area contributed by atoms with E-state index in [1.807, 2.05) is 30.5 Å². The van der Waals surface area contributed by atoms with Crippen molar-refractivity contribution in [2.75, 3.05) is 27.2 Å². The van der Waals surface area contributed by atoms with Gasteiger partial charge < -0.3 is 19.1 Å². The summed E-state index contributed by atoms with van der Waals surface area (Å²) in [6, 6.07) is 3.97. The quantitative estimate of drug-likeness (QED) is 0.543. The Balaban J connectivity index is 1.68. The highest BCUT2D eigenvalue weighted by Gasteiger charge is 2.22. The third-order valence-electron chi connectivity index (χ3n) is 6.50. The van der Waals surface area contributed by atoms with Crippen molar-refractivity contribution >= 4 is 21.9 Å². The van der Waals surface area contributed by atoms with Crippen molar-refractivity contribution in [2.45, 2.75) is 33.2 Å². The van der Waals surface area contributed by atoms with Crippen LogP contribution in [0.5, 0.6) is 5.75 Å². The molecule has 0 atom stereocenters. The van der Waals surface area contributed by atoms with E-state index in [1.54, 1.807) is 13.3 Å². The van der Waals surface area contributed by atoms with Crippen LogP contribution in [-0.4, -0.2) is 51.8 Å². The van der Waals surface area contributed by atoms with Crippen LogP contribution in [0, 0.1) is 19.8 Å². The zero-order valence-electron chi connectivity index (χ0n) is 18.4. The van der Waals surface area contributed by atoms with Crippen LogP contribution in [-0.2, 0) is 6.54 Å². The molecule has 4 aromatic rings. The number of aromatic amines is 1. The highest BCUT2D eigenvalue weighted by molar-refractivity contribution is 6.04. The van der Waals surface area contributed by atoms with E-state index in [0.717, 1.165) is 70.4 Å². The molecule has 4 heterocycles. The molecule has 0 bridgehead atoms. The fourth-order valence-corrected chi connectivity index (χ4v) is 4.78. The van der Waals surface area contributed by atoms with Crippen molar-refractivity contribution < 1.29 is 9.26 Å². The number of rotatable bonds is 4. The van der Waals surface area contributed by atoms with Crippen molar-refractivity contribution in [3.63, 3.8) is 0 Å². The Labute approximate surface area is 179 Å². The van der Waals surface area contributed by atoms with Gasteiger partial charge in [-0.3, -0.25) is 9.55 Å². The van der Waals surface area contributed by atoms with Gasteiger partial charge in [-0.15, -0.1) is 0 Å². The maximum absolute atomic E-state index is 12.8. The molecule has 3 aromatic heterocycles. The number of fused-ring (bicyclic) bond motifs is 3. The number of benzene rings is 1. The molecule has 8 heteroatoms. The van der Waals surface area contributed by atoms with E-state index in [4.69, 9.17) is 9.26 Å². The lowest BCUT2D eigenvalue weighted by molar-refractivity contribution is 0.205. The summed E-state index contributed by atoms with van der Waals surface area (Å²) in [7, 11) is 3.80. The smallest absolute Gasteiger partial charge is 0.326 e. The van der Waals surface area contributed by atoms with Gasteiger partial charge in [0.25, 0.3) is 0 Å². The van der Waals surface area contributed by atoms with Crippen LogP contribution in [0.3, 0.4) is 0 Å². The van der Waals surface area contributed by atoms with Crippen LogP contribution in [0.15, 0.2) is 27.6 Å². The predicted molar refractivity (Wildman–Crippen MR) is 120 cm³/mol. The number of ether oxygens (including phenoxy) is 1. The van der Waals surface area contributed by atoms with Crippen LogP contribution in [0.25, 0.3) is 33.1 Å². The van der Waals surface area contributed by atoms with E-state index >= 15 is 0 Å². The first-order chi connectivity index (χ1) is 15.0. The molecule has 0 amide bonds. The van der Waals surface area contributed by atoms with E-state index in [1.165, 1.54) is 0 Å². The second kappa shape index (κ2) is 7.53. The van der Waals surface area contributed by atoms with E-state index in [2.05, 4.69) is 27.1 Å². The number of aryl methyl sites for hydroxylation is 2. The number of nitrogens with zero attached hydrogens (tertiary/aromatic N) is 4. The lowest BCUT2D eigenvalue weighted by Crippen LogP contribution is -2.33. The van der Waals surface area contributed by atoms with E-state index in [9.17, 15) is 4.79 Å². The standard InChI is InChI=1S/C23H27N5O3/c1-13-21(14(2)31-26-13)17-9-18-16(10-20(17)30-4)22-19(11-24-18)25-23(29)28(22)12-15-5-7-27(3)8-6-15/h9-11,15H,5-8,12H2,1-4H3,(H,25,29). The lowest BCUT2D eigenvalue weighted by Gasteiger charge is -2.29. The second-order valence-corrected chi connectivity index (χ2v) is 8.58. The summed E-state index contributed by atoms with van der Waals surface area (Å²) in [5.74, 6) is 1.92. The van der Waals surface area contributed by atoms with Crippen LogP contribution in [0.4, 0.5) is 0 Å². The number of hydrogen-bond acceptors (Lipinski definition) is 6. The monoisotopic (exact) mass is 421 g/mol. The van der Waals surface area contributed by atoms with Gasteiger partial charge in [-0.05, 0) is 64.9 Å². The highest BCUT2D eigenvalue weighted by Crippen LogP contribution is 2.38. The van der Waals surface area contributed by atoms with Crippen LogP contribution in [0.2, 0.25) is 0 Å². The Hall–Kier alpha value is -3.13. The number of methoxy groups -OCH3 is 1. The van der Waals surface area contributed by atoms with Crippen molar-refractivity contribution in [1.82, 2.24) is 24.6 Å². The number of H-pyrrole nitrogens is 1. The molecule has 0 radical (unpaired) electrons. The Morgan fingerprint density at radius 2 is 2.03 bits per heavy atom. The van der Waals surface area contributed by atoms with E-state index < -0.39 is 0 Å². The summed E-state index contributed by atoms with van der Waals surface area (Å²) < 4.78 is 13.0. The number of imidazole rings is 1. The molecular formula is C23H27N5O3. The average molecular weight is 422 g/mol.